The molecule has 104 valence electrons. The van der Waals surface area contributed by atoms with Crippen molar-refractivity contribution in [3.05, 3.63) is 22.4 Å². The highest BCUT2D eigenvalue weighted by molar-refractivity contribution is 7.07. The number of thiophene rings is 1. The van der Waals surface area contributed by atoms with E-state index in [1.165, 1.54) is 12.7 Å². The van der Waals surface area contributed by atoms with Crippen LogP contribution in [0.25, 0.3) is 0 Å². The Morgan fingerprint density at radius 2 is 2.32 bits per heavy atom. The molecule has 0 spiro atoms. The first-order chi connectivity index (χ1) is 9.22. The van der Waals surface area contributed by atoms with Gasteiger partial charge in [0.25, 0.3) is 0 Å². The minimum atomic E-state index is -0.247. The fraction of sp³-hybridized carbons (Fsp3) is 0.571. The minimum Gasteiger partial charge on any atom is -0.469 e. The zero-order valence-corrected chi connectivity index (χ0v) is 11.9. The van der Waals surface area contributed by atoms with Crippen LogP contribution in [-0.2, 0) is 14.3 Å². The summed E-state index contributed by atoms with van der Waals surface area (Å²) in [6, 6.07) is 2.33. The first-order valence-electron chi connectivity index (χ1n) is 6.60. The number of amides is 1. The molecule has 4 nitrogen and oxygen atoms in total. The summed E-state index contributed by atoms with van der Waals surface area (Å²) in [6.07, 6.45) is 3.41. The van der Waals surface area contributed by atoms with Crippen LogP contribution in [0.2, 0.25) is 0 Å². The summed E-state index contributed by atoms with van der Waals surface area (Å²) in [4.78, 5) is 25.2. The monoisotopic (exact) mass is 281 g/mol. The number of likely N-dealkylation sites (tertiary alicyclic amines) is 1. The summed E-state index contributed by atoms with van der Waals surface area (Å²) < 4.78 is 4.58. The van der Waals surface area contributed by atoms with Crippen LogP contribution < -0.4 is 0 Å². The first-order valence-corrected chi connectivity index (χ1v) is 7.55. The molecule has 1 fully saturated rings. The second kappa shape index (κ2) is 6.70. The Morgan fingerprint density at radius 3 is 3.00 bits per heavy atom. The second-order valence-electron chi connectivity index (χ2n) is 4.73. The molecule has 2 rings (SSSR count). The summed E-state index contributed by atoms with van der Waals surface area (Å²) in [5, 5.41) is 4.16. The van der Waals surface area contributed by atoms with Gasteiger partial charge in [-0.3, -0.25) is 9.59 Å². The fourth-order valence-electron chi connectivity index (χ4n) is 2.51. The molecule has 5 heteroatoms. The van der Waals surface area contributed by atoms with Crippen LogP contribution in [0.15, 0.2) is 16.8 Å². The van der Waals surface area contributed by atoms with Crippen LogP contribution in [0.1, 0.15) is 43.7 Å². The minimum absolute atomic E-state index is 0.151. The average Bonchev–Trinajstić information content (AvgIpc) is 3.08. The maximum Gasteiger partial charge on any atom is 0.305 e. The van der Waals surface area contributed by atoms with E-state index >= 15 is 0 Å². The van der Waals surface area contributed by atoms with Crippen LogP contribution in [0.5, 0.6) is 0 Å². The van der Waals surface area contributed by atoms with Gasteiger partial charge in [0.05, 0.1) is 13.2 Å². The highest BCUT2D eigenvalue weighted by Gasteiger charge is 2.29. The van der Waals surface area contributed by atoms with Crippen LogP contribution in [0.3, 0.4) is 0 Å². The van der Waals surface area contributed by atoms with E-state index in [1.54, 1.807) is 11.3 Å². The van der Waals surface area contributed by atoms with E-state index in [2.05, 4.69) is 16.2 Å². The third kappa shape index (κ3) is 3.56. The lowest BCUT2D eigenvalue weighted by Crippen LogP contribution is -2.30. The van der Waals surface area contributed by atoms with Gasteiger partial charge >= 0.3 is 5.97 Å². The molecule has 1 aromatic heterocycles. The summed E-state index contributed by atoms with van der Waals surface area (Å²) in [6.45, 7) is 0.831. The van der Waals surface area contributed by atoms with Gasteiger partial charge < -0.3 is 9.64 Å². The summed E-state index contributed by atoms with van der Waals surface area (Å²) in [5.74, 6) is -0.0961. The van der Waals surface area contributed by atoms with Gasteiger partial charge in [0.1, 0.15) is 0 Å². The average molecular weight is 281 g/mol. The number of carbonyl (C=O) groups excluding carboxylic acids is 2. The molecular formula is C14H19NO3S. The quantitative estimate of drug-likeness (QED) is 0.780. The maximum absolute atomic E-state index is 12.2. The van der Waals surface area contributed by atoms with E-state index in [9.17, 15) is 9.59 Å². The highest BCUT2D eigenvalue weighted by Crippen LogP contribution is 2.33. The van der Waals surface area contributed by atoms with Gasteiger partial charge in [-0.2, -0.15) is 11.3 Å². The Bertz CT molecular complexity index is 430. The lowest BCUT2D eigenvalue weighted by Gasteiger charge is -2.24. The van der Waals surface area contributed by atoms with Crippen molar-refractivity contribution in [1.29, 1.82) is 0 Å². The van der Waals surface area contributed by atoms with Gasteiger partial charge in [0.15, 0.2) is 0 Å². The van der Waals surface area contributed by atoms with Gasteiger partial charge in [-0.15, -0.1) is 0 Å². The standard InChI is InChI=1S/C14H19NO3S/c1-18-14(17)6-2-5-13(16)15-8-3-4-12(15)11-7-9-19-10-11/h7,9-10,12H,2-6,8H2,1H3/t12-/m1/s1. The molecule has 0 N–H and O–H groups in total. The van der Waals surface area contributed by atoms with Crippen molar-refractivity contribution in [2.24, 2.45) is 0 Å². The third-order valence-electron chi connectivity index (χ3n) is 3.50. The van der Waals surface area contributed by atoms with Crippen molar-refractivity contribution in [1.82, 2.24) is 4.90 Å². The van der Waals surface area contributed by atoms with Crippen LogP contribution in [0, 0.1) is 0 Å². The lowest BCUT2D eigenvalue weighted by molar-refractivity contribution is -0.140. The molecule has 1 aromatic rings. The predicted octanol–water partition coefficient (Wildman–Crippen LogP) is 2.75. The van der Waals surface area contributed by atoms with E-state index in [4.69, 9.17) is 0 Å². The normalized spacial score (nSPS) is 18.6. The Kier molecular flexibility index (Phi) is 4.96. The van der Waals surface area contributed by atoms with Crippen LogP contribution >= 0.6 is 11.3 Å². The van der Waals surface area contributed by atoms with Crippen molar-refractivity contribution in [2.45, 2.75) is 38.1 Å². The van der Waals surface area contributed by atoms with Gasteiger partial charge in [-0.1, -0.05) is 0 Å². The summed E-state index contributed by atoms with van der Waals surface area (Å²) >= 11 is 1.67. The summed E-state index contributed by atoms with van der Waals surface area (Å²) in [5.41, 5.74) is 1.24. The number of hydrogen-bond donors (Lipinski definition) is 0. The van der Waals surface area contributed by atoms with E-state index in [-0.39, 0.29) is 17.9 Å². The lowest BCUT2D eigenvalue weighted by atomic mass is 10.1. The number of rotatable bonds is 5. The van der Waals surface area contributed by atoms with Crippen LogP contribution in [0.4, 0.5) is 0 Å². The van der Waals surface area contributed by atoms with E-state index in [0.717, 1.165) is 19.4 Å². The smallest absolute Gasteiger partial charge is 0.305 e. The second-order valence-corrected chi connectivity index (χ2v) is 5.51. The van der Waals surface area contributed by atoms with Crippen molar-refractivity contribution >= 4 is 23.2 Å². The predicted molar refractivity (Wildman–Crippen MR) is 73.9 cm³/mol. The molecule has 0 radical (unpaired) electrons. The summed E-state index contributed by atoms with van der Waals surface area (Å²) in [7, 11) is 1.37. The molecule has 19 heavy (non-hydrogen) atoms. The number of carbonyl (C=O) groups is 2. The molecule has 1 aliphatic heterocycles. The molecule has 1 amide bonds. The SMILES string of the molecule is COC(=O)CCCC(=O)N1CCC[C@@H]1c1ccsc1. The molecule has 1 saturated heterocycles. The molecule has 2 heterocycles. The van der Waals surface area contributed by atoms with Crippen molar-refractivity contribution in [2.75, 3.05) is 13.7 Å². The Hall–Kier alpha value is -1.36. The van der Waals surface area contributed by atoms with Crippen molar-refractivity contribution in [3.63, 3.8) is 0 Å². The number of esters is 1. The van der Waals surface area contributed by atoms with E-state index in [1.807, 2.05) is 10.3 Å². The zero-order chi connectivity index (χ0) is 13.7. The third-order valence-corrected chi connectivity index (χ3v) is 4.20. The van der Waals surface area contributed by atoms with Gasteiger partial charge in [-0.25, -0.2) is 0 Å². The number of methoxy groups -OCH3 is 1. The Balaban J connectivity index is 1.86. The van der Waals surface area contributed by atoms with Gasteiger partial charge in [0, 0.05) is 19.4 Å². The molecule has 1 atom stereocenters. The molecule has 0 bridgehead atoms. The molecule has 0 aliphatic carbocycles. The number of hydrogen-bond acceptors (Lipinski definition) is 4. The molecule has 1 aliphatic rings. The van der Waals surface area contributed by atoms with Crippen LogP contribution in [-0.4, -0.2) is 30.4 Å². The molecule has 0 aromatic carbocycles. The molecular weight excluding hydrogens is 262 g/mol. The number of nitrogens with zero attached hydrogens (tertiary/aromatic N) is 1. The fourth-order valence-corrected chi connectivity index (χ4v) is 3.21. The zero-order valence-electron chi connectivity index (χ0n) is 11.1. The Morgan fingerprint density at radius 1 is 1.47 bits per heavy atom. The van der Waals surface area contributed by atoms with E-state index < -0.39 is 0 Å². The Labute approximate surface area is 117 Å². The van der Waals surface area contributed by atoms with Gasteiger partial charge in [0.2, 0.25) is 5.91 Å². The highest BCUT2D eigenvalue weighted by atomic mass is 32.1. The largest absolute Gasteiger partial charge is 0.469 e. The first kappa shape index (κ1) is 14.1. The topological polar surface area (TPSA) is 46.6 Å². The molecule has 0 unspecified atom stereocenters. The van der Waals surface area contributed by atoms with Crippen molar-refractivity contribution < 1.29 is 14.3 Å². The number of ether oxygens (including phenoxy) is 1. The van der Waals surface area contributed by atoms with E-state index in [0.29, 0.717) is 19.3 Å². The van der Waals surface area contributed by atoms with Gasteiger partial charge in [-0.05, 0) is 41.7 Å². The molecule has 0 saturated carbocycles. The van der Waals surface area contributed by atoms with Crippen molar-refractivity contribution in [3.8, 4) is 0 Å². The maximum atomic E-state index is 12.2.